The molecule has 3 N–H and O–H groups in total. The highest BCUT2D eigenvalue weighted by molar-refractivity contribution is 7.98. The molecule has 0 bridgehead atoms. The van der Waals surface area contributed by atoms with Crippen LogP contribution in [0.3, 0.4) is 0 Å². The van der Waals surface area contributed by atoms with E-state index in [1.54, 1.807) is 0 Å². The highest BCUT2D eigenvalue weighted by atomic mass is 32.2. The van der Waals surface area contributed by atoms with Gasteiger partial charge in [0, 0.05) is 11.5 Å². The highest BCUT2D eigenvalue weighted by Gasteiger charge is 2.10. The molecule has 0 amide bonds. The lowest BCUT2D eigenvalue weighted by molar-refractivity contribution is -0.137. The molecule has 1 atom stereocenters. The molecule has 0 aliphatic rings. The minimum absolute atomic E-state index is 0.400. The van der Waals surface area contributed by atoms with E-state index in [0.29, 0.717) is 5.75 Å². The number of aliphatic carboxylic acids is 1. The molecule has 0 heterocycles. The SMILES string of the molecule is NC(CSCc1ccc(Oc2ccccc2)cc1)C(=O)O. The number of thioether (sulfide) groups is 1. The van der Waals surface area contributed by atoms with E-state index in [9.17, 15) is 4.79 Å². The molecule has 4 nitrogen and oxygen atoms in total. The zero-order chi connectivity index (χ0) is 15.1. The van der Waals surface area contributed by atoms with Crippen LogP contribution in [0.1, 0.15) is 5.56 Å². The lowest BCUT2D eigenvalue weighted by Crippen LogP contribution is -2.32. The molecule has 0 spiro atoms. The fourth-order valence-corrected chi connectivity index (χ4v) is 2.60. The zero-order valence-corrected chi connectivity index (χ0v) is 12.3. The second-order valence-electron chi connectivity index (χ2n) is 4.52. The third kappa shape index (κ3) is 5.13. The Kier molecular flexibility index (Phi) is 5.66. The van der Waals surface area contributed by atoms with Crippen molar-refractivity contribution in [1.82, 2.24) is 0 Å². The Balaban J connectivity index is 1.83. The molecule has 21 heavy (non-hydrogen) atoms. The van der Waals surface area contributed by atoms with E-state index in [1.807, 2.05) is 54.6 Å². The van der Waals surface area contributed by atoms with Crippen molar-refractivity contribution >= 4 is 17.7 Å². The van der Waals surface area contributed by atoms with Crippen LogP contribution in [0.4, 0.5) is 0 Å². The van der Waals surface area contributed by atoms with E-state index < -0.39 is 12.0 Å². The van der Waals surface area contributed by atoms with Crippen LogP contribution in [-0.2, 0) is 10.5 Å². The number of ether oxygens (including phenoxy) is 1. The molecule has 0 fully saturated rings. The summed E-state index contributed by atoms with van der Waals surface area (Å²) in [6.45, 7) is 0. The van der Waals surface area contributed by atoms with Crippen molar-refractivity contribution in [2.24, 2.45) is 5.73 Å². The molecule has 2 rings (SSSR count). The number of benzene rings is 2. The first-order chi connectivity index (χ1) is 10.1. The van der Waals surface area contributed by atoms with E-state index in [1.165, 1.54) is 11.8 Å². The largest absolute Gasteiger partial charge is 0.480 e. The average molecular weight is 303 g/mol. The molecular weight excluding hydrogens is 286 g/mol. The van der Waals surface area contributed by atoms with Gasteiger partial charge in [-0.15, -0.1) is 0 Å². The summed E-state index contributed by atoms with van der Waals surface area (Å²) in [6.07, 6.45) is 0. The van der Waals surface area contributed by atoms with Gasteiger partial charge in [-0.2, -0.15) is 11.8 Å². The fourth-order valence-electron chi connectivity index (χ4n) is 1.65. The van der Waals surface area contributed by atoms with E-state index in [-0.39, 0.29) is 0 Å². The number of carboxylic acid groups (broad SMARTS) is 1. The van der Waals surface area contributed by atoms with Gasteiger partial charge in [0.25, 0.3) is 0 Å². The van der Waals surface area contributed by atoms with Crippen LogP contribution >= 0.6 is 11.8 Å². The van der Waals surface area contributed by atoms with Crippen molar-refractivity contribution in [2.75, 3.05) is 5.75 Å². The Morgan fingerprint density at radius 2 is 1.71 bits per heavy atom. The van der Waals surface area contributed by atoms with Gasteiger partial charge in [-0.1, -0.05) is 30.3 Å². The maximum absolute atomic E-state index is 10.6. The van der Waals surface area contributed by atoms with Gasteiger partial charge < -0.3 is 15.6 Å². The molecule has 2 aromatic rings. The van der Waals surface area contributed by atoms with E-state index in [0.717, 1.165) is 22.8 Å². The Morgan fingerprint density at radius 3 is 2.33 bits per heavy atom. The van der Waals surface area contributed by atoms with Crippen molar-refractivity contribution < 1.29 is 14.6 Å². The van der Waals surface area contributed by atoms with Crippen LogP contribution in [-0.4, -0.2) is 22.9 Å². The first kappa shape index (κ1) is 15.4. The fraction of sp³-hybridized carbons (Fsp3) is 0.188. The third-order valence-corrected chi connectivity index (χ3v) is 3.92. The molecule has 0 aliphatic heterocycles. The van der Waals surface area contributed by atoms with Gasteiger partial charge in [-0.25, -0.2) is 0 Å². The van der Waals surface area contributed by atoms with E-state index in [2.05, 4.69) is 0 Å². The number of nitrogens with two attached hydrogens (primary N) is 1. The Morgan fingerprint density at radius 1 is 1.10 bits per heavy atom. The normalized spacial score (nSPS) is 11.9. The van der Waals surface area contributed by atoms with Gasteiger partial charge in [0.2, 0.25) is 0 Å². The summed E-state index contributed by atoms with van der Waals surface area (Å²) in [5.41, 5.74) is 6.56. The Hall–Kier alpha value is -1.98. The predicted octanol–water partition coefficient (Wildman–Crippen LogP) is 3.12. The number of hydrogen-bond donors (Lipinski definition) is 2. The predicted molar refractivity (Wildman–Crippen MR) is 84.7 cm³/mol. The Bertz CT molecular complexity index is 572. The molecule has 1 unspecified atom stereocenters. The summed E-state index contributed by atoms with van der Waals surface area (Å²) in [4.78, 5) is 10.6. The van der Waals surface area contributed by atoms with Crippen molar-refractivity contribution in [1.29, 1.82) is 0 Å². The Labute approximate surface area is 127 Å². The van der Waals surface area contributed by atoms with Gasteiger partial charge in [-0.3, -0.25) is 4.79 Å². The highest BCUT2D eigenvalue weighted by Crippen LogP contribution is 2.22. The molecule has 0 saturated heterocycles. The maximum Gasteiger partial charge on any atom is 0.321 e. The molecule has 2 aromatic carbocycles. The third-order valence-electron chi connectivity index (χ3n) is 2.79. The van der Waals surface area contributed by atoms with Crippen LogP contribution in [0.25, 0.3) is 0 Å². The summed E-state index contributed by atoms with van der Waals surface area (Å²) < 4.78 is 5.70. The van der Waals surface area contributed by atoms with Gasteiger partial charge in [0.1, 0.15) is 17.5 Å². The number of rotatable bonds is 7. The topological polar surface area (TPSA) is 72.5 Å². The number of para-hydroxylation sites is 1. The minimum atomic E-state index is -0.964. The van der Waals surface area contributed by atoms with Crippen molar-refractivity contribution in [3.05, 3.63) is 60.2 Å². The van der Waals surface area contributed by atoms with Crippen LogP contribution < -0.4 is 10.5 Å². The molecule has 5 heteroatoms. The summed E-state index contributed by atoms with van der Waals surface area (Å²) in [5.74, 6) is 1.74. The first-order valence-corrected chi connectivity index (χ1v) is 7.68. The summed E-state index contributed by atoms with van der Waals surface area (Å²) in [6, 6.07) is 16.5. The van der Waals surface area contributed by atoms with Crippen LogP contribution in [0.5, 0.6) is 11.5 Å². The molecule has 0 saturated carbocycles. The van der Waals surface area contributed by atoms with E-state index in [4.69, 9.17) is 15.6 Å². The summed E-state index contributed by atoms with van der Waals surface area (Å²) in [7, 11) is 0. The monoisotopic (exact) mass is 303 g/mol. The van der Waals surface area contributed by atoms with E-state index >= 15 is 0 Å². The number of carbonyl (C=O) groups is 1. The minimum Gasteiger partial charge on any atom is -0.480 e. The molecule has 110 valence electrons. The molecule has 0 radical (unpaired) electrons. The quantitative estimate of drug-likeness (QED) is 0.822. The summed E-state index contributed by atoms with van der Waals surface area (Å²) >= 11 is 1.51. The number of hydrogen-bond acceptors (Lipinski definition) is 4. The molecule has 0 aromatic heterocycles. The lowest BCUT2D eigenvalue weighted by Gasteiger charge is -2.08. The van der Waals surface area contributed by atoms with Gasteiger partial charge >= 0.3 is 5.97 Å². The standard InChI is InChI=1S/C16H17NO3S/c17-15(16(18)19)11-21-10-12-6-8-14(9-7-12)20-13-4-2-1-3-5-13/h1-9,15H,10-11,17H2,(H,18,19). The van der Waals surface area contributed by atoms with Gasteiger partial charge in [-0.05, 0) is 29.8 Å². The lowest BCUT2D eigenvalue weighted by atomic mass is 10.2. The van der Waals surface area contributed by atoms with Crippen molar-refractivity contribution in [3.63, 3.8) is 0 Å². The van der Waals surface area contributed by atoms with Crippen LogP contribution in [0.15, 0.2) is 54.6 Å². The van der Waals surface area contributed by atoms with Crippen molar-refractivity contribution in [2.45, 2.75) is 11.8 Å². The second kappa shape index (κ2) is 7.71. The molecular formula is C16H17NO3S. The van der Waals surface area contributed by atoms with Gasteiger partial charge in [0.15, 0.2) is 0 Å². The van der Waals surface area contributed by atoms with Gasteiger partial charge in [0.05, 0.1) is 0 Å². The smallest absolute Gasteiger partial charge is 0.321 e. The molecule has 0 aliphatic carbocycles. The van der Waals surface area contributed by atoms with Crippen molar-refractivity contribution in [3.8, 4) is 11.5 Å². The number of carboxylic acids is 1. The zero-order valence-electron chi connectivity index (χ0n) is 11.4. The van der Waals surface area contributed by atoms with Crippen LogP contribution in [0.2, 0.25) is 0 Å². The maximum atomic E-state index is 10.6. The first-order valence-electron chi connectivity index (χ1n) is 6.53. The average Bonchev–Trinajstić information content (AvgIpc) is 2.50. The summed E-state index contributed by atoms with van der Waals surface area (Å²) in [5, 5.41) is 8.70. The van der Waals surface area contributed by atoms with Crippen LogP contribution in [0, 0.1) is 0 Å². The second-order valence-corrected chi connectivity index (χ2v) is 5.55.